The van der Waals surface area contributed by atoms with Gasteiger partial charge in [-0.15, -0.1) is 11.8 Å². The van der Waals surface area contributed by atoms with Crippen molar-refractivity contribution in [2.45, 2.75) is 5.75 Å². The van der Waals surface area contributed by atoms with Gasteiger partial charge in [-0.3, -0.25) is 0 Å². The van der Waals surface area contributed by atoms with Crippen LogP contribution in [0.5, 0.6) is 0 Å². The van der Waals surface area contributed by atoms with Gasteiger partial charge in [0.1, 0.15) is 0 Å². The summed E-state index contributed by atoms with van der Waals surface area (Å²) in [6.07, 6.45) is 1.95. The van der Waals surface area contributed by atoms with Crippen molar-refractivity contribution in [1.82, 2.24) is 0 Å². The smallest absolute Gasteiger partial charge is 0.0422 e. The molecule has 0 spiro atoms. The molecule has 1 aromatic rings. The largest absolute Gasteiger partial charge is 0.361 e. The minimum atomic E-state index is 0.804. The second-order valence-corrected chi connectivity index (χ2v) is 3.89. The lowest BCUT2D eigenvalue weighted by molar-refractivity contribution is 1.41. The summed E-state index contributed by atoms with van der Waals surface area (Å²) in [5, 5.41) is 6.05. The lowest BCUT2D eigenvalue weighted by Crippen LogP contribution is -1.90. The molecule has 12 heavy (non-hydrogen) atoms. The fourth-order valence-corrected chi connectivity index (χ4v) is 2.01. The number of hydrogen-bond donors (Lipinski definition) is 1. The van der Waals surface area contributed by atoms with Crippen LogP contribution in [0.25, 0.3) is 0 Å². The number of nitrogens with one attached hydrogen (secondary N) is 1. The summed E-state index contributed by atoms with van der Waals surface area (Å²) in [4.78, 5) is 0. The lowest BCUT2D eigenvalue weighted by atomic mass is 10.2. The Morgan fingerprint density at radius 1 is 1.42 bits per heavy atom. The number of thioether (sulfide) groups is 1. The molecular weight excluding hydrogens is 190 g/mol. The van der Waals surface area contributed by atoms with E-state index in [1.807, 2.05) is 29.8 Å². The Labute approximate surface area is 80.8 Å². The normalized spacial score (nSPS) is 14.8. The summed E-state index contributed by atoms with van der Waals surface area (Å²) in [6.45, 7) is 0. The van der Waals surface area contributed by atoms with Crippen molar-refractivity contribution < 1.29 is 0 Å². The summed E-state index contributed by atoms with van der Waals surface area (Å²) in [7, 11) is 0. The molecule has 0 saturated carbocycles. The first-order chi connectivity index (χ1) is 5.86. The van der Waals surface area contributed by atoms with Gasteiger partial charge >= 0.3 is 0 Å². The molecule has 0 radical (unpaired) electrons. The highest BCUT2D eigenvalue weighted by atomic mass is 35.5. The van der Waals surface area contributed by atoms with Gasteiger partial charge in [-0.1, -0.05) is 11.6 Å². The summed E-state index contributed by atoms with van der Waals surface area (Å²) >= 11 is 7.64. The Morgan fingerprint density at radius 2 is 2.33 bits per heavy atom. The predicted molar refractivity (Wildman–Crippen MR) is 55.5 cm³/mol. The van der Waals surface area contributed by atoms with Gasteiger partial charge in [0, 0.05) is 22.7 Å². The van der Waals surface area contributed by atoms with Crippen LogP contribution >= 0.6 is 23.4 Å². The van der Waals surface area contributed by atoms with Crippen molar-refractivity contribution in [3.8, 4) is 0 Å². The average molecular weight is 198 g/mol. The molecule has 1 aromatic carbocycles. The zero-order chi connectivity index (χ0) is 8.39. The van der Waals surface area contributed by atoms with Gasteiger partial charge in [-0.05, 0) is 29.2 Å². The Hall–Kier alpha value is -0.600. The highest BCUT2D eigenvalue weighted by Crippen LogP contribution is 2.27. The highest BCUT2D eigenvalue weighted by molar-refractivity contribution is 8.01. The van der Waals surface area contributed by atoms with Gasteiger partial charge in [0.15, 0.2) is 0 Å². The van der Waals surface area contributed by atoms with Crippen molar-refractivity contribution in [1.29, 1.82) is 0 Å². The monoisotopic (exact) mass is 197 g/mol. The average Bonchev–Trinajstić information content (AvgIpc) is 2.28. The molecule has 1 aliphatic heterocycles. The number of anilines is 1. The van der Waals surface area contributed by atoms with Crippen LogP contribution in [0, 0.1) is 0 Å². The first kappa shape index (κ1) is 8.02. The molecule has 1 N–H and O–H groups in total. The molecule has 0 amide bonds. The number of rotatable bonds is 0. The van der Waals surface area contributed by atoms with E-state index in [9.17, 15) is 0 Å². The molecule has 1 aliphatic rings. The molecule has 3 heteroatoms. The number of fused-ring (bicyclic) bond motifs is 1. The zero-order valence-electron chi connectivity index (χ0n) is 6.38. The molecule has 0 bridgehead atoms. The minimum absolute atomic E-state index is 0.804. The first-order valence-electron chi connectivity index (χ1n) is 3.68. The van der Waals surface area contributed by atoms with Crippen LogP contribution in [0.2, 0.25) is 5.02 Å². The van der Waals surface area contributed by atoms with Crippen molar-refractivity contribution >= 4 is 29.1 Å². The molecule has 2 rings (SSSR count). The zero-order valence-corrected chi connectivity index (χ0v) is 7.95. The maximum Gasteiger partial charge on any atom is 0.0422 e. The molecular formula is C9H8ClNS. The van der Waals surface area contributed by atoms with E-state index in [4.69, 9.17) is 11.6 Å². The first-order valence-corrected chi connectivity index (χ1v) is 5.10. The van der Waals surface area contributed by atoms with Crippen molar-refractivity contribution in [3.63, 3.8) is 0 Å². The van der Waals surface area contributed by atoms with Crippen molar-refractivity contribution in [2.24, 2.45) is 0 Å². The summed E-state index contributed by atoms with van der Waals surface area (Å²) < 4.78 is 0. The van der Waals surface area contributed by atoms with Gasteiger partial charge in [0.2, 0.25) is 0 Å². The Balaban J connectivity index is 2.42. The quantitative estimate of drug-likeness (QED) is 0.684. The van der Waals surface area contributed by atoms with E-state index in [1.165, 1.54) is 5.56 Å². The highest BCUT2D eigenvalue weighted by Gasteiger charge is 2.03. The standard InChI is InChI=1S/C9H8ClNS/c10-8-1-2-9-7(5-8)6-12-4-3-11-9/h1-5,11H,6H2. The SMILES string of the molecule is Clc1ccc2c(c1)CSC=CN2. The molecule has 1 heterocycles. The van der Waals surface area contributed by atoms with Gasteiger partial charge in [-0.2, -0.15) is 0 Å². The second kappa shape index (κ2) is 3.42. The van der Waals surface area contributed by atoms with Crippen molar-refractivity contribution in [2.75, 3.05) is 5.32 Å². The predicted octanol–water partition coefficient (Wildman–Crippen LogP) is 3.47. The Morgan fingerprint density at radius 3 is 3.25 bits per heavy atom. The fraction of sp³-hybridized carbons (Fsp3) is 0.111. The molecule has 0 fully saturated rings. The van der Waals surface area contributed by atoms with Crippen LogP contribution in [-0.2, 0) is 5.75 Å². The molecule has 0 unspecified atom stereocenters. The van der Waals surface area contributed by atoms with Gasteiger partial charge in [0.05, 0.1) is 0 Å². The Bertz CT molecular complexity index is 322. The van der Waals surface area contributed by atoms with Gasteiger partial charge in [-0.25, -0.2) is 0 Å². The third kappa shape index (κ3) is 1.59. The number of benzene rings is 1. The summed E-state index contributed by atoms with van der Waals surface area (Å²) in [6, 6.07) is 5.91. The van der Waals surface area contributed by atoms with Crippen LogP contribution in [0.3, 0.4) is 0 Å². The van der Waals surface area contributed by atoms with E-state index < -0.39 is 0 Å². The number of hydrogen-bond acceptors (Lipinski definition) is 2. The van der Waals surface area contributed by atoms with Crippen LogP contribution in [0.15, 0.2) is 29.8 Å². The minimum Gasteiger partial charge on any atom is -0.361 e. The molecule has 62 valence electrons. The molecule has 0 aliphatic carbocycles. The summed E-state index contributed by atoms with van der Waals surface area (Å²) in [5.41, 5.74) is 2.41. The molecule has 0 atom stereocenters. The van der Waals surface area contributed by atoms with E-state index in [2.05, 4.69) is 5.32 Å². The Kier molecular flexibility index (Phi) is 2.28. The van der Waals surface area contributed by atoms with E-state index >= 15 is 0 Å². The second-order valence-electron chi connectivity index (χ2n) is 2.56. The van der Waals surface area contributed by atoms with E-state index in [1.54, 1.807) is 11.8 Å². The van der Waals surface area contributed by atoms with Crippen LogP contribution in [0.4, 0.5) is 5.69 Å². The van der Waals surface area contributed by atoms with E-state index in [0.717, 1.165) is 16.5 Å². The van der Waals surface area contributed by atoms with Crippen LogP contribution in [-0.4, -0.2) is 0 Å². The van der Waals surface area contributed by atoms with E-state index in [0.29, 0.717) is 0 Å². The summed E-state index contributed by atoms with van der Waals surface area (Å²) in [5.74, 6) is 0.986. The maximum atomic E-state index is 5.87. The maximum absolute atomic E-state index is 5.87. The third-order valence-electron chi connectivity index (χ3n) is 1.71. The lowest BCUT2D eigenvalue weighted by Gasteiger charge is -2.05. The molecule has 0 aromatic heterocycles. The van der Waals surface area contributed by atoms with Crippen LogP contribution in [0.1, 0.15) is 5.56 Å². The van der Waals surface area contributed by atoms with Crippen molar-refractivity contribution in [3.05, 3.63) is 40.4 Å². The molecule has 1 nitrogen and oxygen atoms in total. The topological polar surface area (TPSA) is 12.0 Å². The third-order valence-corrected chi connectivity index (χ3v) is 2.75. The number of halogens is 1. The fourth-order valence-electron chi connectivity index (χ4n) is 1.13. The molecule has 0 saturated heterocycles. The van der Waals surface area contributed by atoms with Gasteiger partial charge in [0.25, 0.3) is 0 Å². The van der Waals surface area contributed by atoms with E-state index in [-0.39, 0.29) is 0 Å². The van der Waals surface area contributed by atoms with Crippen LogP contribution < -0.4 is 5.32 Å². The van der Waals surface area contributed by atoms with Gasteiger partial charge < -0.3 is 5.32 Å².